The molecule has 0 spiro atoms. The van der Waals surface area contributed by atoms with Gasteiger partial charge >= 0.3 is 0 Å². The lowest BCUT2D eigenvalue weighted by Crippen LogP contribution is -2.46. The molecule has 9 heteroatoms. The number of hydrazine groups is 1. The molecular weight excluding hydrogens is 435 g/mol. The molecule has 1 aromatic heterocycles. The molecule has 166 valence electrons. The van der Waals surface area contributed by atoms with E-state index in [4.69, 9.17) is 16.3 Å². The van der Waals surface area contributed by atoms with Crippen LogP contribution in [-0.4, -0.2) is 27.7 Å². The first-order chi connectivity index (χ1) is 15.3. The molecule has 0 aliphatic carbocycles. The maximum Gasteiger partial charge on any atom is 0.279 e. The van der Waals surface area contributed by atoms with E-state index in [0.717, 1.165) is 5.56 Å². The van der Waals surface area contributed by atoms with Gasteiger partial charge in [-0.15, -0.1) is 0 Å². The number of rotatable bonds is 7. The maximum absolute atomic E-state index is 13.6. The summed E-state index contributed by atoms with van der Waals surface area (Å²) in [5.74, 6) is -1.86. The fraction of sp³-hybridized carbons (Fsp3) is 0.174. The first kappa shape index (κ1) is 23.0. The SMILES string of the molecule is Cc1nn(Cc2ccccc2)c(Cl)c1C=CC(=O)NNC(=O)C(C)Oc1ccccc1F. The van der Waals surface area contributed by atoms with E-state index in [2.05, 4.69) is 16.0 Å². The third-order valence-corrected chi connectivity index (χ3v) is 4.90. The molecule has 0 radical (unpaired) electrons. The maximum atomic E-state index is 13.6. The summed E-state index contributed by atoms with van der Waals surface area (Å²) >= 11 is 6.42. The third-order valence-electron chi connectivity index (χ3n) is 4.50. The van der Waals surface area contributed by atoms with Crippen LogP contribution in [-0.2, 0) is 16.1 Å². The molecule has 3 aromatic rings. The number of carbonyl (C=O) groups is 2. The quantitative estimate of drug-likeness (QED) is 0.419. The van der Waals surface area contributed by atoms with E-state index in [0.29, 0.717) is 23.0 Å². The summed E-state index contributed by atoms with van der Waals surface area (Å²) < 4.78 is 20.5. The zero-order valence-electron chi connectivity index (χ0n) is 17.5. The highest BCUT2D eigenvalue weighted by atomic mass is 35.5. The third kappa shape index (κ3) is 5.95. The number of benzene rings is 2. The smallest absolute Gasteiger partial charge is 0.279 e. The lowest BCUT2D eigenvalue weighted by Gasteiger charge is -2.15. The monoisotopic (exact) mass is 456 g/mol. The van der Waals surface area contributed by atoms with Crippen molar-refractivity contribution in [3.63, 3.8) is 0 Å². The highest BCUT2D eigenvalue weighted by Gasteiger charge is 2.17. The first-order valence-corrected chi connectivity index (χ1v) is 10.2. The van der Waals surface area contributed by atoms with Crippen molar-refractivity contribution in [1.29, 1.82) is 0 Å². The molecule has 1 atom stereocenters. The first-order valence-electron chi connectivity index (χ1n) is 9.81. The summed E-state index contributed by atoms with van der Waals surface area (Å²) in [7, 11) is 0. The number of halogens is 2. The van der Waals surface area contributed by atoms with E-state index in [9.17, 15) is 14.0 Å². The molecule has 0 saturated carbocycles. The predicted molar refractivity (Wildman–Crippen MR) is 119 cm³/mol. The van der Waals surface area contributed by atoms with Gasteiger partial charge in [-0.2, -0.15) is 5.10 Å². The van der Waals surface area contributed by atoms with Gasteiger partial charge in [0.15, 0.2) is 17.7 Å². The zero-order valence-corrected chi connectivity index (χ0v) is 18.3. The number of nitrogens with zero attached hydrogens (tertiary/aromatic N) is 2. The Balaban J connectivity index is 1.55. The number of ether oxygens (including phenoxy) is 1. The number of hydrogen-bond acceptors (Lipinski definition) is 4. The van der Waals surface area contributed by atoms with Crippen molar-refractivity contribution >= 4 is 29.5 Å². The summed E-state index contributed by atoms with van der Waals surface area (Å²) in [6, 6.07) is 15.5. The van der Waals surface area contributed by atoms with E-state index in [1.54, 1.807) is 17.7 Å². The summed E-state index contributed by atoms with van der Waals surface area (Å²) in [5, 5.41) is 4.81. The highest BCUT2D eigenvalue weighted by Crippen LogP contribution is 2.22. The van der Waals surface area contributed by atoms with E-state index in [-0.39, 0.29) is 5.75 Å². The molecule has 2 aromatic carbocycles. The number of carbonyl (C=O) groups excluding carboxylic acids is 2. The van der Waals surface area contributed by atoms with E-state index in [1.807, 2.05) is 30.3 Å². The summed E-state index contributed by atoms with van der Waals surface area (Å²) in [6.07, 6.45) is 1.72. The Morgan fingerprint density at radius 1 is 1.16 bits per heavy atom. The second kappa shape index (κ2) is 10.6. The fourth-order valence-electron chi connectivity index (χ4n) is 2.83. The van der Waals surface area contributed by atoms with Crippen LogP contribution in [0.1, 0.15) is 23.7 Å². The van der Waals surface area contributed by atoms with Crippen LogP contribution in [0.4, 0.5) is 4.39 Å². The second-order valence-corrected chi connectivity index (χ2v) is 7.29. The van der Waals surface area contributed by atoms with Gasteiger partial charge in [0, 0.05) is 11.6 Å². The molecule has 0 bridgehead atoms. The molecule has 0 fully saturated rings. The van der Waals surface area contributed by atoms with Crippen LogP contribution in [0.3, 0.4) is 0 Å². The van der Waals surface area contributed by atoms with Crippen molar-refractivity contribution in [2.45, 2.75) is 26.5 Å². The summed E-state index contributed by atoms with van der Waals surface area (Å²) in [5.41, 5.74) is 6.78. The molecule has 3 rings (SSSR count). The van der Waals surface area contributed by atoms with Gasteiger partial charge in [0.25, 0.3) is 11.8 Å². The van der Waals surface area contributed by atoms with Crippen molar-refractivity contribution in [3.8, 4) is 5.75 Å². The number of amides is 2. The van der Waals surface area contributed by atoms with Crippen LogP contribution >= 0.6 is 11.6 Å². The Morgan fingerprint density at radius 3 is 2.56 bits per heavy atom. The van der Waals surface area contributed by atoms with Crippen LogP contribution in [0.2, 0.25) is 5.15 Å². The predicted octanol–water partition coefficient (Wildman–Crippen LogP) is 3.66. The van der Waals surface area contributed by atoms with Crippen LogP contribution in [0.5, 0.6) is 5.75 Å². The van der Waals surface area contributed by atoms with Gasteiger partial charge in [-0.3, -0.25) is 20.4 Å². The molecule has 2 N–H and O–H groups in total. The van der Waals surface area contributed by atoms with E-state index >= 15 is 0 Å². The minimum absolute atomic E-state index is 0.0565. The van der Waals surface area contributed by atoms with E-state index in [1.165, 1.54) is 37.3 Å². The number of aromatic nitrogens is 2. The number of aryl methyl sites for hydroxylation is 1. The Morgan fingerprint density at radius 2 is 1.84 bits per heavy atom. The standard InChI is InChI=1S/C23H22ClFN4O3/c1-15-18(22(24)29(28-15)14-17-8-4-3-5-9-17)12-13-21(30)26-27-23(31)16(2)32-20-11-7-6-10-19(20)25/h3-13,16H,14H2,1-2H3,(H,26,30)(H,27,31). The molecule has 0 aliphatic heterocycles. The Hall–Kier alpha value is -3.65. The number of nitrogens with one attached hydrogen (secondary N) is 2. The topological polar surface area (TPSA) is 85.3 Å². The normalized spacial score (nSPS) is 11.9. The van der Waals surface area contributed by atoms with Crippen molar-refractivity contribution in [3.05, 3.63) is 88.5 Å². The Labute approximate surface area is 189 Å². The van der Waals surface area contributed by atoms with Gasteiger partial charge in [-0.1, -0.05) is 54.1 Å². The van der Waals surface area contributed by atoms with Crippen LogP contribution in [0.25, 0.3) is 6.08 Å². The summed E-state index contributed by atoms with van der Waals surface area (Å²) in [6.45, 7) is 3.72. The Kier molecular flexibility index (Phi) is 7.62. The molecule has 32 heavy (non-hydrogen) atoms. The van der Waals surface area contributed by atoms with Gasteiger partial charge in [0.05, 0.1) is 12.2 Å². The average molecular weight is 457 g/mol. The molecule has 0 aliphatic rings. The fourth-order valence-corrected chi connectivity index (χ4v) is 3.12. The second-order valence-electron chi connectivity index (χ2n) is 6.94. The molecule has 0 saturated heterocycles. The molecular formula is C23H22ClFN4O3. The summed E-state index contributed by atoms with van der Waals surface area (Å²) in [4.78, 5) is 24.2. The van der Waals surface area contributed by atoms with Gasteiger partial charge in [0.1, 0.15) is 5.15 Å². The molecule has 1 heterocycles. The minimum Gasteiger partial charge on any atom is -0.478 e. The largest absolute Gasteiger partial charge is 0.478 e. The minimum atomic E-state index is -1.02. The molecule has 7 nitrogen and oxygen atoms in total. The lowest BCUT2D eigenvalue weighted by atomic mass is 10.2. The highest BCUT2D eigenvalue weighted by molar-refractivity contribution is 6.31. The Bertz CT molecular complexity index is 1130. The van der Waals surface area contributed by atoms with Crippen molar-refractivity contribution in [2.24, 2.45) is 0 Å². The van der Waals surface area contributed by atoms with Crippen molar-refractivity contribution in [2.75, 3.05) is 0 Å². The molecule has 2 amide bonds. The van der Waals surface area contributed by atoms with Crippen LogP contribution in [0, 0.1) is 12.7 Å². The van der Waals surface area contributed by atoms with Gasteiger partial charge in [-0.25, -0.2) is 9.07 Å². The van der Waals surface area contributed by atoms with Crippen molar-refractivity contribution < 1.29 is 18.7 Å². The molecule has 1 unspecified atom stereocenters. The van der Waals surface area contributed by atoms with Crippen LogP contribution in [0.15, 0.2) is 60.7 Å². The zero-order chi connectivity index (χ0) is 23.1. The lowest BCUT2D eigenvalue weighted by molar-refractivity contribution is -0.131. The number of hydrogen-bond donors (Lipinski definition) is 2. The average Bonchev–Trinajstić information content (AvgIpc) is 3.05. The van der Waals surface area contributed by atoms with Crippen LogP contribution < -0.4 is 15.6 Å². The van der Waals surface area contributed by atoms with Crippen molar-refractivity contribution in [1.82, 2.24) is 20.6 Å². The van der Waals surface area contributed by atoms with Gasteiger partial charge in [-0.05, 0) is 37.6 Å². The van der Waals surface area contributed by atoms with E-state index < -0.39 is 23.7 Å². The number of para-hydroxylation sites is 1. The van der Waals surface area contributed by atoms with Gasteiger partial charge < -0.3 is 4.74 Å². The van der Waals surface area contributed by atoms with Gasteiger partial charge in [0.2, 0.25) is 0 Å².